The van der Waals surface area contributed by atoms with Crippen LogP contribution in [0.2, 0.25) is 10.0 Å². The Kier molecular flexibility index (Phi) is 6.24. The van der Waals surface area contributed by atoms with Gasteiger partial charge in [0.05, 0.1) is 28.3 Å². The number of amidine groups is 1. The molecule has 2 atom stereocenters. The molecule has 0 aliphatic carbocycles. The molecule has 33 heavy (non-hydrogen) atoms. The summed E-state index contributed by atoms with van der Waals surface area (Å²) in [6.07, 6.45) is 0. The Morgan fingerprint density at radius 3 is 2.58 bits per heavy atom. The Labute approximate surface area is 207 Å². The van der Waals surface area contributed by atoms with Gasteiger partial charge in [-0.1, -0.05) is 41.0 Å². The number of sulfone groups is 1. The number of fused-ring (bicyclic) bond motifs is 1. The molecule has 0 spiro atoms. The minimum absolute atomic E-state index is 0.0514. The maximum absolute atomic E-state index is 13.1. The fourth-order valence-corrected chi connectivity index (χ4v) is 8.33. The molecule has 0 bridgehead atoms. The second kappa shape index (κ2) is 9.02. The van der Waals surface area contributed by atoms with Crippen LogP contribution in [-0.4, -0.2) is 73.4 Å². The largest absolute Gasteiger partial charge is 0.368 e. The second-order valence-corrected chi connectivity index (χ2v) is 12.5. The van der Waals surface area contributed by atoms with Crippen molar-refractivity contribution < 1.29 is 13.2 Å². The zero-order valence-electron chi connectivity index (χ0n) is 17.6. The van der Waals surface area contributed by atoms with Crippen molar-refractivity contribution in [2.24, 2.45) is 4.99 Å². The number of carbonyl (C=O) groups is 1. The molecule has 3 heterocycles. The molecule has 7 nitrogen and oxygen atoms in total. The number of halogens is 2. The van der Waals surface area contributed by atoms with Crippen molar-refractivity contribution in [3.63, 3.8) is 0 Å². The molecule has 1 N–H and O–H groups in total. The number of benzene rings is 2. The third-order valence-electron chi connectivity index (χ3n) is 6.01. The van der Waals surface area contributed by atoms with Gasteiger partial charge >= 0.3 is 0 Å². The third-order valence-corrected chi connectivity index (χ3v) is 9.72. The highest BCUT2D eigenvalue weighted by atomic mass is 35.5. The Hall–Kier alpha value is -1.94. The summed E-state index contributed by atoms with van der Waals surface area (Å²) in [6.45, 7) is 2.67. The van der Waals surface area contributed by atoms with E-state index in [0.717, 1.165) is 18.8 Å². The van der Waals surface area contributed by atoms with E-state index in [1.165, 1.54) is 11.8 Å². The summed E-state index contributed by atoms with van der Waals surface area (Å²) in [5, 5.41) is 4.95. The highest BCUT2D eigenvalue weighted by Gasteiger charge is 2.42. The predicted octanol–water partition coefficient (Wildman–Crippen LogP) is 3.64. The van der Waals surface area contributed by atoms with Crippen molar-refractivity contribution in [1.29, 1.82) is 0 Å². The van der Waals surface area contributed by atoms with E-state index >= 15 is 0 Å². The van der Waals surface area contributed by atoms with Gasteiger partial charge in [-0.2, -0.15) is 0 Å². The fraction of sp³-hybridized carbons (Fsp3) is 0.364. The molecule has 0 radical (unpaired) electrons. The van der Waals surface area contributed by atoms with E-state index in [4.69, 9.17) is 23.2 Å². The lowest BCUT2D eigenvalue weighted by Gasteiger charge is -2.36. The fourth-order valence-electron chi connectivity index (χ4n) is 4.31. The molecule has 0 unspecified atom stereocenters. The number of hydrogen-bond acceptors (Lipinski definition) is 7. The normalized spacial score (nSPS) is 23.9. The van der Waals surface area contributed by atoms with Crippen LogP contribution >= 0.6 is 35.0 Å². The molecule has 2 aromatic rings. The van der Waals surface area contributed by atoms with Crippen LogP contribution in [0.1, 0.15) is 10.4 Å². The van der Waals surface area contributed by atoms with Crippen LogP contribution < -0.4 is 10.2 Å². The molecule has 2 fully saturated rings. The molecule has 2 saturated heterocycles. The predicted molar refractivity (Wildman–Crippen MR) is 136 cm³/mol. The van der Waals surface area contributed by atoms with Gasteiger partial charge in [0.25, 0.3) is 5.91 Å². The molecule has 3 aliphatic rings. The Morgan fingerprint density at radius 2 is 1.85 bits per heavy atom. The number of anilines is 2. The van der Waals surface area contributed by atoms with Crippen LogP contribution in [0.15, 0.2) is 47.5 Å². The number of piperazine rings is 1. The van der Waals surface area contributed by atoms with E-state index in [-0.39, 0.29) is 28.7 Å². The Balaban J connectivity index is 1.24. The van der Waals surface area contributed by atoms with E-state index in [1.54, 1.807) is 18.2 Å². The van der Waals surface area contributed by atoms with Crippen LogP contribution in [0.25, 0.3) is 0 Å². The van der Waals surface area contributed by atoms with Gasteiger partial charge in [0.1, 0.15) is 0 Å². The lowest BCUT2D eigenvalue weighted by molar-refractivity contribution is 0.0747. The molecule has 2 aromatic carbocycles. The molecule has 5 rings (SSSR count). The number of nitrogens with one attached hydrogen (secondary N) is 1. The molecule has 3 aliphatic heterocycles. The van der Waals surface area contributed by atoms with Gasteiger partial charge in [0.2, 0.25) is 0 Å². The maximum Gasteiger partial charge on any atom is 0.254 e. The zero-order chi connectivity index (χ0) is 23.2. The average Bonchev–Trinajstić information content (AvgIpc) is 3.27. The van der Waals surface area contributed by atoms with Crippen LogP contribution in [0.4, 0.5) is 11.4 Å². The number of rotatable bonds is 3. The van der Waals surface area contributed by atoms with Crippen molar-refractivity contribution >= 4 is 67.3 Å². The van der Waals surface area contributed by atoms with Gasteiger partial charge in [0.15, 0.2) is 15.0 Å². The van der Waals surface area contributed by atoms with Crippen molar-refractivity contribution in [1.82, 2.24) is 4.90 Å². The minimum atomic E-state index is -3.01. The lowest BCUT2D eigenvalue weighted by atomic mass is 10.1. The minimum Gasteiger partial charge on any atom is -0.368 e. The summed E-state index contributed by atoms with van der Waals surface area (Å²) in [6, 6.07) is 12.7. The van der Waals surface area contributed by atoms with Crippen molar-refractivity contribution in [2.75, 3.05) is 47.9 Å². The number of hydrogen-bond donors (Lipinski definition) is 1. The van der Waals surface area contributed by atoms with E-state index in [2.05, 4.69) is 15.2 Å². The molecular formula is C22H22Cl2N4O3S2. The van der Waals surface area contributed by atoms with Crippen LogP contribution in [0, 0.1) is 0 Å². The van der Waals surface area contributed by atoms with Gasteiger partial charge in [-0.3, -0.25) is 9.79 Å². The number of amides is 1. The number of carbonyl (C=O) groups excluding carboxylic acids is 1. The zero-order valence-corrected chi connectivity index (χ0v) is 20.7. The Bertz CT molecular complexity index is 1230. The summed E-state index contributed by atoms with van der Waals surface area (Å²) >= 11 is 13.9. The van der Waals surface area contributed by atoms with Gasteiger partial charge in [-0.15, -0.1) is 0 Å². The summed E-state index contributed by atoms with van der Waals surface area (Å²) in [7, 11) is -3.01. The molecule has 11 heteroatoms. The molecular weight excluding hydrogens is 503 g/mol. The first-order chi connectivity index (χ1) is 15.8. The summed E-state index contributed by atoms with van der Waals surface area (Å²) in [5.74, 6) is 0.178. The van der Waals surface area contributed by atoms with E-state index in [9.17, 15) is 13.2 Å². The number of thioether (sulfide) groups is 1. The Morgan fingerprint density at radius 1 is 1.06 bits per heavy atom. The van der Waals surface area contributed by atoms with Gasteiger partial charge < -0.3 is 15.1 Å². The first-order valence-electron chi connectivity index (χ1n) is 10.6. The van der Waals surface area contributed by atoms with Crippen molar-refractivity contribution in [3.8, 4) is 0 Å². The van der Waals surface area contributed by atoms with Crippen LogP contribution in [0.5, 0.6) is 0 Å². The lowest BCUT2D eigenvalue weighted by Crippen LogP contribution is -2.48. The molecule has 174 valence electrons. The summed E-state index contributed by atoms with van der Waals surface area (Å²) in [5.41, 5.74) is 2.19. The van der Waals surface area contributed by atoms with Gasteiger partial charge in [0, 0.05) is 47.7 Å². The SMILES string of the molecule is O=C(c1ccc(Cl)c(NC2=N[C@@H]3CS(=O)(=O)C[C@@H]3S2)c1)N1CCN(c2cccc(Cl)c2)CC1. The van der Waals surface area contributed by atoms with E-state index in [1.807, 2.05) is 29.2 Å². The first kappa shape index (κ1) is 22.8. The topological polar surface area (TPSA) is 82.1 Å². The summed E-state index contributed by atoms with van der Waals surface area (Å²) < 4.78 is 23.5. The highest BCUT2D eigenvalue weighted by Crippen LogP contribution is 2.35. The van der Waals surface area contributed by atoms with Crippen LogP contribution in [0.3, 0.4) is 0 Å². The van der Waals surface area contributed by atoms with E-state index in [0.29, 0.717) is 39.6 Å². The maximum atomic E-state index is 13.1. The first-order valence-corrected chi connectivity index (χ1v) is 14.0. The average molecular weight is 525 g/mol. The number of nitrogens with zero attached hydrogens (tertiary/aromatic N) is 3. The summed E-state index contributed by atoms with van der Waals surface area (Å²) in [4.78, 5) is 21.7. The standard InChI is InChI=1S/C22H22Cl2N4O3S2/c23-15-2-1-3-16(11-15)27-6-8-28(9-7-27)21(29)14-4-5-17(24)18(10-14)25-22-26-19-12-33(30,31)13-20(19)32-22/h1-5,10-11,19-20H,6-9,12-13H2,(H,25,26)/t19-,20+/m1/s1. The van der Waals surface area contributed by atoms with Crippen LogP contribution in [-0.2, 0) is 9.84 Å². The monoisotopic (exact) mass is 524 g/mol. The highest BCUT2D eigenvalue weighted by molar-refractivity contribution is 8.15. The number of aliphatic imine (C=N–C) groups is 1. The molecule has 0 saturated carbocycles. The van der Waals surface area contributed by atoms with Gasteiger partial charge in [-0.05, 0) is 36.4 Å². The third kappa shape index (κ3) is 4.96. The quantitative estimate of drug-likeness (QED) is 0.659. The van der Waals surface area contributed by atoms with Crippen molar-refractivity contribution in [3.05, 3.63) is 58.1 Å². The smallest absolute Gasteiger partial charge is 0.254 e. The van der Waals surface area contributed by atoms with E-state index < -0.39 is 9.84 Å². The van der Waals surface area contributed by atoms with Gasteiger partial charge in [-0.25, -0.2) is 8.42 Å². The molecule has 0 aromatic heterocycles. The molecule has 1 amide bonds. The van der Waals surface area contributed by atoms with Crippen molar-refractivity contribution in [2.45, 2.75) is 11.3 Å². The second-order valence-electron chi connectivity index (χ2n) is 8.31.